The molecule has 2 aromatic rings. The molecule has 3 N–H and O–H groups in total. The van der Waals surface area contributed by atoms with Crippen molar-refractivity contribution in [3.63, 3.8) is 0 Å². The summed E-state index contributed by atoms with van der Waals surface area (Å²) >= 11 is 0. The predicted molar refractivity (Wildman–Crippen MR) is 113 cm³/mol. The van der Waals surface area contributed by atoms with Gasteiger partial charge in [0.25, 0.3) is 0 Å². The number of benzene rings is 2. The van der Waals surface area contributed by atoms with Gasteiger partial charge in [-0.3, -0.25) is 4.79 Å². The fourth-order valence-corrected chi connectivity index (χ4v) is 3.31. The van der Waals surface area contributed by atoms with Gasteiger partial charge in [-0.2, -0.15) is 0 Å². The average Bonchev–Trinajstić information content (AvgIpc) is 2.61. The smallest absolute Gasteiger partial charge is 0.220 e. The van der Waals surface area contributed by atoms with Gasteiger partial charge in [0.2, 0.25) is 5.91 Å². The minimum atomic E-state index is -0.232. The first-order valence-electron chi connectivity index (χ1n) is 8.75. The molecule has 1 unspecified atom stereocenters. The van der Waals surface area contributed by atoms with Crippen LogP contribution in [-0.4, -0.2) is 25.0 Å². The molecule has 1 aliphatic rings. The van der Waals surface area contributed by atoms with Gasteiger partial charge in [-0.25, -0.2) is 4.39 Å². The lowest BCUT2D eigenvalue weighted by atomic mass is 10.0. The van der Waals surface area contributed by atoms with Crippen LogP contribution in [0.15, 0.2) is 48.5 Å². The van der Waals surface area contributed by atoms with E-state index in [0.717, 1.165) is 36.3 Å². The topological polar surface area (TPSA) is 58.4 Å². The number of halogens is 3. The lowest BCUT2D eigenvalue weighted by Crippen LogP contribution is -2.47. The maximum Gasteiger partial charge on any atom is 0.220 e. The first-order valence-corrected chi connectivity index (χ1v) is 8.75. The highest BCUT2D eigenvalue weighted by Gasteiger charge is 2.21. The van der Waals surface area contributed by atoms with Gasteiger partial charge in [0.1, 0.15) is 5.82 Å². The van der Waals surface area contributed by atoms with Crippen LogP contribution in [0.3, 0.4) is 0 Å². The maximum absolute atomic E-state index is 13.4. The molecule has 0 aliphatic carbocycles. The summed E-state index contributed by atoms with van der Waals surface area (Å²) in [6.45, 7) is 1.60. The van der Waals surface area contributed by atoms with Gasteiger partial charge in [-0.15, -0.1) is 24.8 Å². The molecule has 0 saturated carbocycles. The molecule has 1 fully saturated rings. The van der Waals surface area contributed by atoms with Crippen molar-refractivity contribution < 1.29 is 9.18 Å². The van der Waals surface area contributed by atoms with Crippen LogP contribution in [0, 0.1) is 5.82 Å². The number of carbonyl (C=O) groups excluding carboxylic acids is 1. The van der Waals surface area contributed by atoms with Crippen LogP contribution in [0.25, 0.3) is 0 Å². The predicted octanol–water partition coefficient (Wildman–Crippen LogP) is 3.97. The number of hydrogen-bond donors (Lipinski definition) is 2. The van der Waals surface area contributed by atoms with Crippen LogP contribution in [0.1, 0.15) is 24.8 Å². The largest absolute Gasteiger partial charge is 0.399 e. The van der Waals surface area contributed by atoms with Crippen molar-refractivity contribution in [3.8, 4) is 0 Å². The first kappa shape index (κ1) is 23.1. The third-order valence-corrected chi connectivity index (χ3v) is 4.64. The monoisotopic (exact) mass is 413 g/mol. The summed E-state index contributed by atoms with van der Waals surface area (Å²) in [6, 6.07) is 14.3. The number of hydrogen-bond acceptors (Lipinski definition) is 3. The summed E-state index contributed by atoms with van der Waals surface area (Å²) < 4.78 is 13.4. The summed E-state index contributed by atoms with van der Waals surface area (Å²) in [6.07, 6.45) is 2.99. The second-order valence-electron chi connectivity index (χ2n) is 6.53. The lowest BCUT2D eigenvalue weighted by Gasteiger charge is -2.34. The van der Waals surface area contributed by atoms with Crippen molar-refractivity contribution >= 4 is 42.1 Å². The van der Waals surface area contributed by atoms with Gasteiger partial charge in [-0.05, 0) is 49.1 Å². The molecule has 1 heterocycles. The van der Waals surface area contributed by atoms with Crippen molar-refractivity contribution in [2.75, 3.05) is 23.7 Å². The molecule has 1 atom stereocenters. The third kappa shape index (κ3) is 6.60. The standard InChI is InChI=1S/C20H24FN3O.2ClH/c21-16-6-3-8-18(13-16)24-12-4-7-17(14-24)23-20(25)11-10-15-5-1-2-9-19(15)22;;/h1-3,5-6,8-9,13,17H,4,7,10-12,14,22H2,(H,23,25);2*1H. The number of aryl methyl sites for hydroxylation is 1. The van der Waals surface area contributed by atoms with Crippen molar-refractivity contribution in [2.24, 2.45) is 0 Å². The molecule has 7 heteroatoms. The quantitative estimate of drug-likeness (QED) is 0.728. The molecule has 1 aliphatic heterocycles. The van der Waals surface area contributed by atoms with E-state index in [2.05, 4.69) is 10.2 Å². The normalized spacial score (nSPS) is 16.0. The Morgan fingerprint density at radius 3 is 2.70 bits per heavy atom. The molecule has 2 aromatic carbocycles. The number of nitrogen functional groups attached to an aromatic ring is 1. The average molecular weight is 414 g/mol. The van der Waals surface area contributed by atoms with Crippen LogP contribution in [0.2, 0.25) is 0 Å². The summed E-state index contributed by atoms with van der Waals surface area (Å²) in [5.41, 5.74) is 8.52. The third-order valence-electron chi connectivity index (χ3n) is 4.64. The minimum absolute atomic E-state index is 0. The Labute approximate surface area is 172 Å². The fourth-order valence-electron chi connectivity index (χ4n) is 3.31. The Morgan fingerprint density at radius 2 is 1.96 bits per heavy atom. The fraction of sp³-hybridized carbons (Fsp3) is 0.350. The minimum Gasteiger partial charge on any atom is -0.399 e. The Bertz CT molecular complexity index is 745. The highest BCUT2D eigenvalue weighted by Crippen LogP contribution is 2.21. The van der Waals surface area contributed by atoms with Crippen LogP contribution in [0.5, 0.6) is 0 Å². The molecule has 0 radical (unpaired) electrons. The molecule has 148 valence electrons. The molecule has 0 bridgehead atoms. The number of rotatable bonds is 5. The molecule has 1 saturated heterocycles. The van der Waals surface area contributed by atoms with E-state index in [0.29, 0.717) is 19.4 Å². The molecule has 0 aromatic heterocycles. The Hall–Kier alpha value is -1.98. The Kier molecular flexibility index (Phi) is 9.39. The van der Waals surface area contributed by atoms with E-state index in [1.54, 1.807) is 12.1 Å². The number of nitrogens with two attached hydrogens (primary N) is 1. The number of carbonyl (C=O) groups is 1. The molecule has 0 spiro atoms. The molecular weight excluding hydrogens is 388 g/mol. The van der Waals surface area contributed by atoms with Gasteiger partial charge < -0.3 is 16.0 Å². The van der Waals surface area contributed by atoms with Crippen molar-refractivity contribution in [1.29, 1.82) is 0 Å². The van der Waals surface area contributed by atoms with Gasteiger partial charge in [0.15, 0.2) is 0 Å². The van der Waals surface area contributed by atoms with E-state index in [4.69, 9.17) is 5.73 Å². The van der Waals surface area contributed by atoms with E-state index in [-0.39, 0.29) is 42.6 Å². The van der Waals surface area contributed by atoms with E-state index in [1.807, 2.05) is 30.3 Å². The Morgan fingerprint density at radius 1 is 1.19 bits per heavy atom. The summed E-state index contributed by atoms with van der Waals surface area (Å²) in [5, 5.41) is 3.11. The first-order chi connectivity index (χ1) is 12.1. The van der Waals surface area contributed by atoms with Crippen LogP contribution >= 0.6 is 24.8 Å². The van der Waals surface area contributed by atoms with Gasteiger partial charge in [0, 0.05) is 36.9 Å². The van der Waals surface area contributed by atoms with E-state index in [9.17, 15) is 9.18 Å². The second kappa shape index (κ2) is 11.0. The Balaban J connectivity index is 0.00000182. The van der Waals surface area contributed by atoms with E-state index < -0.39 is 0 Å². The summed E-state index contributed by atoms with van der Waals surface area (Å²) in [5.74, 6) is -0.196. The maximum atomic E-state index is 13.4. The van der Waals surface area contributed by atoms with Gasteiger partial charge in [-0.1, -0.05) is 24.3 Å². The van der Waals surface area contributed by atoms with Crippen molar-refractivity contribution in [1.82, 2.24) is 5.32 Å². The van der Waals surface area contributed by atoms with Gasteiger partial charge >= 0.3 is 0 Å². The van der Waals surface area contributed by atoms with E-state index in [1.165, 1.54) is 6.07 Å². The van der Waals surface area contributed by atoms with Crippen LogP contribution in [0.4, 0.5) is 15.8 Å². The van der Waals surface area contributed by atoms with Crippen LogP contribution < -0.4 is 16.0 Å². The van der Waals surface area contributed by atoms with Crippen molar-refractivity contribution in [3.05, 3.63) is 59.9 Å². The van der Waals surface area contributed by atoms with Crippen molar-refractivity contribution in [2.45, 2.75) is 31.7 Å². The number of anilines is 2. The molecular formula is C20H26Cl2FN3O. The summed E-state index contributed by atoms with van der Waals surface area (Å²) in [4.78, 5) is 14.4. The second-order valence-corrected chi connectivity index (χ2v) is 6.53. The molecule has 3 rings (SSSR count). The highest BCUT2D eigenvalue weighted by molar-refractivity contribution is 5.85. The number of nitrogens with one attached hydrogen (secondary N) is 1. The number of piperidine rings is 1. The summed E-state index contributed by atoms with van der Waals surface area (Å²) in [7, 11) is 0. The number of nitrogens with zero attached hydrogens (tertiary/aromatic N) is 1. The zero-order valence-electron chi connectivity index (χ0n) is 15.1. The molecule has 27 heavy (non-hydrogen) atoms. The zero-order chi connectivity index (χ0) is 17.6. The SMILES string of the molecule is Cl.Cl.Nc1ccccc1CCC(=O)NC1CCCN(c2cccc(F)c2)C1. The van der Waals surface area contributed by atoms with Gasteiger partial charge in [0.05, 0.1) is 0 Å². The zero-order valence-corrected chi connectivity index (χ0v) is 16.7. The number of para-hydroxylation sites is 1. The van der Waals surface area contributed by atoms with Crippen LogP contribution in [-0.2, 0) is 11.2 Å². The molecule has 1 amide bonds. The van der Waals surface area contributed by atoms with E-state index >= 15 is 0 Å². The highest BCUT2D eigenvalue weighted by atomic mass is 35.5. The lowest BCUT2D eigenvalue weighted by molar-refractivity contribution is -0.121. The molecule has 4 nitrogen and oxygen atoms in total. The number of amides is 1.